The summed E-state index contributed by atoms with van der Waals surface area (Å²) in [6, 6.07) is 40.2. The molecule has 692 valence electrons. The Hall–Kier alpha value is -16.8. The summed E-state index contributed by atoms with van der Waals surface area (Å²) in [5, 5.41) is 46.2. The first-order valence-corrected chi connectivity index (χ1v) is 43.9. The van der Waals surface area contributed by atoms with Crippen LogP contribution in [0.5, 0.6) is 0 Å². The molecule has 1 aliphatic carbocycles. The quantitative estimate of drug-likeness (QED) is 0.0505. The third kappa shape index (κ3) is 17.4. The number of benzene rings is 3. The predicted octanol–water partition coefficient (Wildman–Crippen LogP) is 12.4. The topological polar surface area (TPSA) is 548 Å². The Kier molecular flexibility index (Phi) is 22.8. The van der Waals surface area contributed by atoms with Crippen molar-refractivity contribution in [1.29, 1.82) is 0 Å². The molecule has 13 aromatic heterocycles. The molecule has 0 unspecified atom stereocenters. The van der Waals surface area contributed by atoms with Crippen molar-refractivity contribution in [2.24, 2.45) is 0 Å². The van der Waals surface area contributed by atoms with Gasteiger partial charge >= 0.3 is 0 Å². The van der Waals surface area contributed by atoms with Gasteiger partial charge in [0.1, 0.15) is 96.6 Å². The van der Waals surface area contributed by atoms with Gasteiger partial charge in [-0.3, -0.25) is 62.2 Å². The van der Waals surface area contributed by atoms with Gasteiger partial charge in [-0.15, -0.1) is 0 Å². The molecular weight excluding hydrogens is 1730 g/mol. The number of carbonyl (C=O) groups excluding carboxylic acids is 4. The maximum Gasteiger partial charge on any atom is 0.267 e. The van der Waals surface area contributed by atoms with E-state index >= 15 is 0 Å². The van der Waals surface area contributed by atoms with Gasteiger partial charge in [0.15, 0.2) is 23.3 Å². The highest BCUT2D eigenvalue weighted by atomic mass is 16.7. The van der Waals surface area contributed by atoms with Crippen LogP contribution in [-0.2, 0) is 88.9 Å². The standard InChI is InChI=1S/C24H25N9O2.C24H24N8O2.C24H26N8O2.C23H24N8O2/c1-13-16(9-27-18-4-3-5-26-23(13)18)19-6-14-7-20(28-10-17(14)24(25)29-19)30-21-8-15-12-35-32(2)22(34)11-33(15)31-21;1-13-15(4-3-5-17(13)25)18-8-14-9-20(27-11-16(14)23(26)28-18)29-21-10-19-24(6-7-24)34-31(2)22(33)12-32(19)30-21;1-13-15(6-5-7-17(13)25)18-8-14-9-20(27-11-16(14)23(26)28-18)29-21-10-19-24(2,3)34-31(4)22(33)12-32(19)30-21;1-12-15(5-4-6-17(12)24)18-7-14-8-20(26-10-16(14)23(25)27-18)28-21-9-19-13(2)33-30(3)22(32)11-31(19)29-21/h6-10,26H,3-5,11-12H2,1-2H3,(H2,25,29)(H,28,30,31);3-5,8-11H,6-7,12,25H2,1-2H3,(H2,26,28)(H,27,29,30);5-11H,12,25H2,1-4H3,(H2,26,28)(H,27,29,30);4-10,13H,11,24H2,1-3H3,(H2,25,27)(H,26,28,29)/t;;;13-/m...0/s1. The number of pyridine rings is 9. The van der Waals surface area contributed by atoms with Crippen LogP contribution in [-0.4, -0.2) is 163 Å². The SMILES string of the molecule is Cc1c(-c2cc3cc(Nc4cc5n(n4)CC(=O)N(C)OC5)ncc3c(N)n2)cnc2c1NCCC2.Cc1c(N)cccc1-c1cc2cc(Nc3cc4n(n3)CC(=O)N(C)OC4(C)C)ncc2c(N)n1.Cc1c(N)cccc1-c1cc2cc(Nc3cc4n(n3)CC(=O)N(C)OC43CC3)ncc2c(N)n1.Cc1c(N)cccc1-c1cc2cc(Nc3cc4n(n3)CC(=O)N(C)O[C@H]4C)ncc2c(N)n1. The van der Waals surface area contributed by atoms with Crippen molar-refractivity contribution in [2.75, 3.05) is 101 Å². The van der Waals surface area contributed by atoms with E-state index in [2.05, 4.69) is 98.8 Å². The van der Waals surface area contributed by atoms with Crippen LogP contribution >= 0.6 is 0 Å². The van der Waals surface area contributed by atoms with Crippen molar-refractivity contribution >= 4 is 159 Å². The molecule has 19 N–H and O–H groups in total. The fourth-order valence-electron chi connectivity index (χ4n) is 17.2. The summed E-state index contributed by atoms with van der Waals surface area (Å²) in [5.74, 6) is 5.63. The van der Waals surface area contributed by atoms with E-state index in [0.717, 1.165) is 177 Å². The summed E-state index contributed by atoms with van der Waals surface area (Å²) in [6.07, 6.45) is 12.1. The number of hydrogen-bond donors (Lipinski definition) is 12. The van der Waals surface area contributed by atoms with E-state index in [-0.39, 0.29) is 62.5 Å². The summed E-state index contributed by atoms with van der Waals surface area (Å²) in [6.45, 7) is 15.3. The van der Waals surface area contributed by atoms with Crippen LogP contribution in [0.15, 0.2) is 158 Å². The van der Waals surface area contributed by atoms with Crippen LogP contribution in [0.25, 0.3) is 88.1 Å². The Morgan fingerprint density at radius 2 is 0.801 bits per heavy atom. The molecule has 1 atom stereocenters. The molecule has 0 bridgehead atoms. The molecule has 1 fully saturated rings. The lowest BCUT2D eigenvalue weighted by molar-refractivity contribution is -0.221. The lowest BCUT2D eigenvalue weighted by Gasteiger charge is -2.26. The number of anilines is 16. The largest absolute Gasteiger partial charge is 0.398 e. The summed E-state index contributed by atoms with van der Waals surface area (Å²) in [5.41, 5.74) is 60.4. The minimum atomic E-state index is -0.727. The molecular formula is C95H99N33O8. The fourth-order valence-corrected chi connectivity index (χ4v) is 17.2. The average Bonchev–Trinajstić information content (AvgIpc) is 1.57. The van der Waals surface area contributed by atoms with Crippen molar-refractivity contribution in [3.63, 3.8) is 0 Å². The maximum atomic E-state index is 12.3. The number of fused-ring (bicyclic) bond motifs is 10. The second-order valence-electron chi connectivity index (χ2n) is 34.7. The third-order valence-corrected chi connectivity index (χ3v) is 24.9. The lowest BCUT2D eigenvalue weighted by Crippen LogP contribution is -2.33. The van der Waals surface area contributed by atoms with E-state index in [9.17, 15) is 19.2 Å². The molecule has 136 heavy (non-hydrogen) atoms. The lowest BCUT2D eigenvalue weighted by atomic mass is 9.99. The van der Waals surface area contributed by atoms with Crippen LogP contribution in [0, 0.1) is 27.7 Å². The molecule has 3 aromatic carbocycles. The highest BCUT2D eigenvalue weighted by Gasteiger charge is 2.53. The number of nitrogens with one attached hydrogen (secondary N) is 5. The zero-order chi connectivity index (χ0) is 95.2. The average molecular weight is 1830 g/mol. The number of likely N-dealkylation sites (N-methyl/N-ethyl adjacent to an activating group) is 4. The predicted molar refractivity (Wildman–Crippen MR) is 518 cm³/mol. The maximum absolute atomic E-state index is 12.3. The van der Waals surface area contributed by atoms with Gasteiger partial charge in [0.25, 0.3) is 23.6 Å². The van der Waals surface area contributed by atoms with Gasteiger partial charge in [-0.2, -0.15) is 20.4 Å². The molecule has 41 nitrogen and oxygen atoms in total. The fraction of sp³-hybridized carbons (Fsp3) is 0.253. The van der Waals surface area contributed by atoms with Crippen LogP contribution in [0.3, 0.4) is 0 Å². The first-order valence-electron chi connectivity index (χ1n) is 43.9. The molecule has 18 heterocycles. The minimum Gasteiger partial charge on any atom is -0.398 e. The number of nitrogens with two attached hydrogens (primary N) is 7. The number of rotatable bonds is 12. The van der Waals surface area contributed by atoms with E-state index in [4.69, 9.17) is 59.5 Å². The Labute approximate surface area is 777 Å². The number of carbonyl (C=O) groups is 4. The molecule has 0 saturated heterocycles. The summed E-state index contributed by atoms with van der Waals surface area (Å²) >= 11 is 0. The van der Waals surface area contributed by atoms with Crippen molar-refractivity contribution in [1.82, 2.24) is 104 Å². The smallest absolute Gasteiger partial charge is 0.267 e. The summed E-state index contributed by atoms with van der Waals surface area (Å²) in [7, 11) is 6.45. The number of hydroxylamine groups is 8. The number of amides is 4. The first-order chi connectivity index (χ1) is 65.2. The number of nitrogens with zero attached hydrogens (tertiary/aromatic N) is 21. The zero-order valence-electron chi connectivity index (χ0n) is 76.4. The van der Waals surface area contributed by atoms with Gasteiger partial charge in [0, 0.05) is 151 Å². The van der Waals surface area contributed by atoms with E-state index < -0.39 is 11.2 Å². The number of aryl methyl sites for hydroxylation is 1. The second kappa shape index (κ2) is 35.1. The number of nitrogen functional groups attached to an aromatic ring is 7. The second-order valence-corrected chi connectivity index (χ2v) is 34.7. The molecule has 5 aliphatic heterocycles. The normalized spacial score (nSPS) is 15.8. The van der Waals surface area contributed by atoms with Crippen LogP contribution in [0.4, 0.5) is 92.6 Å². The molecule has 6 aliphatic rings. The van der Waals surface area contributed by atoms with Crippen molar-refractivity contribution in [3.8, 4) is 45.0 Å². The van der Waals surface area contributed by atoms with Crippen molar-refractivity contribution in [3.05, 3.63) is 209 Å². The van der Waals surface area contributed by atoms with Crippen LogP contribution < -0.4 is 66.7 Å². The van der Waals surface area contributed by atoms with Crippen molar-refractivity contribution in [2.45, 2.75) is 124 Å². The van der Waals surface area contributed by atoms with Crippen LogP contribution in [0.2, 0.25) is 0 Å². The highest BCUT2D eigenvalue weighted by molar-refractivity contribution is 5.99. The molecule has 1 saturated carbocycles. The molecule has 16 aromatic rings. The summed E-state index contributed by atoms with van der Waals surface area (Å²) < 4.78 is 6.64. The minimum absolute atomic E-state index is 0.0905. The Morgan fingerprint density at radius 3 is 1.27 bits per heavy atom. The number of hydrogen-bond acceptors (Lipinski definition) is 33. The van der Waals surface area contributed by atoms with Crippen molar-refractivity contribution < 1.29 is 38.5 Å². The summed E-state index contributed by atoms with van der Waals surface area (Å²) in [4.78, 5) is 112. The molecule has 22 rings (SSSR count). The van der Waals surface area contributed by atoms with Gasteiger partial charge in [0.2, 0.25) is 0 Å². The molecule has 0 radical (unpaired) electrons. The zero-order valence-corrected chi connectivity index (χ0v) is 76.4. The van der Waals surface area contributed by atoms with Gasteiger partial charge in [0.05, 0.1) is 56.9 Å². The Bertz CT molecular complexity index is 7340. The Morgan fingerprint density at radius 1 is 0.412 bits per heavy atom. The van der Waals surface area contributed by atoms with Gasteiger partial charge < -0.3 is 66.7 Å². The van der Waals surface area contributed by atoms with Gasteiger partial charge in [-0.05, 0) is 185 Å². The van der Waals surface area contributed by atoms with Gasteiger partial charge in [-0.25, -0.2) is 60.1 Å². The molecule has 41 heteroatoms. The third-order valence-electron chi connectivity index (χ3n) is 24.9. The van der Waals surface area contributed by atoms with Gasteiger partial charge in [-0.1, -0.05) is 36.4 Å². The molecule has 4 amide bonds. The number of aromatic nitrogens is 17. The van der Waals surface area contributed by atoms with Crippen LogP contribution in [0.1, 0.15) is 96.9 Å². The van der Waals surface area contributed by atoms with E-state index in [1.807, 2.05) is 175 Å². The monoisotopic (exact) mass is 1830 g/mol. The highest BCUT2D eigenvalue weighted by Crippen LogP contribution is 2.52. The van der Waals surface area contributed by atoms with E-state index in [0.29, 0.717) is 86.9 Å². The molecule has 1 spiro atoms. The van der Waals surface area contributed by atoms with E-state index in [1.54, 1.807) is 71.7 Å². The first kappa shape index (κ1) is 88.5. The Balaban J connectivity index is 0.000000116. The van der Waals surface area contributed by atoms with E-state index in [1.165, 1.54) is 20.3 Å².